The molecule has 0 spiro atoms. The van der Waals surface area contributed by atoms with Crippen molar-refractivity contribution in [1.82, 2.24) is 20.1 Å². The van der Waals surface area contributed by atoms with Crippen LogP contribution in [0.2, 0.25) is 0 Å². The van der Waals surface area contributed by atoms with Gasteiger partial charge in [0.05, 0.1) is 5.75 Å². The number of hydrogen-bond donors (Lipinski definition) is 1. The monoisotopic (exact) mass is 418 g/mol. The maximum absolute atomic E-state index is 13.8. The van der Waals surface area contributed by atoms with E-state index in [0.29, 0.717) is 23.1 Å². The van der Waals surface area contributed by atoms with Gasteiger partial charge in [0, 0.05) is 17.8 Å². The molecule has 4 rings (SSSR count). The lowest BCUT2D eigenvalue weighted by molar-refractivity contribution is -0.118. The van der Waals surface area contributed by atoms with E-state index in [9.17, 15) is 9.18 Å². The minimum atomic E-state index is -0.343. The number of hydrogen-bond acceptors (Lipinski definition) is 4. The van der Waals surface area contributed by atoms with Crippen LogP contribution in [0.1, 0.15) is 5.56 Å². The highest BCUT2D eigenvalue weighted by atomic mass is 32.2. The Balaban J connectivity index is 1.54. The van der Waals surface area contributed by atoms with E-state index in [2.05, 4.69) is 15.5 Å². The Labute approximate surface area is 178 Å². The van der Waals surface area contributed by atoms with E-state index in [1.54, 1.807) is 12.1 Å². The maximum Gasteiger partial charge on any atom is 0.230 e. The molecule has 30 heavy (non-hydrogen) atoms. The van der Waals surface area contributed by atoms with Crippen molar-refractivity contribution >= 4 is 17.7 Å². The van der Waals surface area contributed by atoms with E-state index in [0.717, 1.165) is 11.3 Å². The van der Waals surface area contributed by atoms with Crippen LogP contribution in [0.4, 0.5) is 4.39 Å². The van der Waals surface area contributed by atoms with Gasteiger partial charge in [-0.05, 0) is 29.8 Å². The third-order valence-corrected chi connectivity index (χ3v) is 5.32. The van der Waals surface area contributed by atoms with Crippen molar-refractivity contribution in [2.75, 3.05) is 5.75 Å². The molecule has 0 aliphatic heterocycles. The summed E-state index contributed by atoms with van der Waals surface area (Å²) in [7, 11) is 0. The quantitative estimate of drug-likeness (QED) is 0.450. The second kappa shape index (κ2) is 9.37. The third kappa shape index (κ3) is 4.75. The molecule has 0 atom stereocenters. The zero-order chi connectivity index (χ0) is 20.8. The number of thioether (sulfide) groups is 1. The van der Waals surface area contributed by atoms with Crippen molar-refractivity contribution in [3.63, 3.8) is 0 Å². The summed E-state index contributed by atoms with van der Waals surface area (Å²) < 4.78 is 15.6. The summed E-state index contributed by atoms with van der Waals surface area (Å²) >= 11 is 1.29. The number of halogens is 1. The molecule has 0 aliphatic carbocycles. The average molecular weight is 418 g/mol. The highest BCUT2D eigenvalue weighted by Gasteiger charge is 2.17. The minimum Gasteiger partial charge on any atom is -0.351 e. The van der Waals surface area contributed by atoms with E-state index in [-0.39, 0.29) is 17.5 Å². The van der Waals surface area contributed by atoms with Crippen molar-refractivity contribution in [3.05, 3.63) is 96.3 Å². The van der Waals surface area contributed by atoms with E-state index < -0.39 is 0 Å². The zero-order valence-electron chi connectivity index (χ0n) is 16.0. The molecule has 0 unspecified atom stereocenters. The molecular weight excluding hydrogens is 399 g/mol. The van der Waals surface area contributed by atoms with Crippen molar-refractivity contribution in [1.29, 1.82) is 0 Å². The Morgan fingerprint density at radius 3 is 2.40 bits per heavy atom. The normalized spacial score (nSPS) is 10.7. The van der Waals surface area contributed by atoms with Gasteiger partial charge in [0.2, 0.25) is 5.91 Å². The Morgan fingerprint density at radius 1 is 0.933 bits per heavy atom. The van der Waals surface area contributed by atoms with Gasteiger partial charge in [-0.15, -0.1) is 10.2 Å². The highest BCUT2D eigenvalue weighted by Crippen LogP contribution is 2.28. The average Bonchev–Trinajstić information content (AvgIpc) is 3.21. The molecule has 1 heterocycles. The van der Waals surface area contributed by atoms with Gasteiger partial charge in [-0.1, -0.05) is 72.4 Å². The molecule has 0 bridgehead atoms. The molecule has 4 aromatic rings. The van der Waals surface area contributed by atoms with Crippen LogP contribution in [-0.2, 0) is 11.3 Å². The number of rotatable bonds is 7. The number of carbonyl (C=O) groups excluding carboxylic acids is 1. The van der Waals surface area contributed by atoms with Gasteiger partial charge in [-0.25, -0.2) is 4.39 Å². The molecule has 1 N–H and O–H groups in total. The lowest BCUT2D eigenvalue weighted by Crippen LogP contribution is -2.24. The fourth-order valence-corrected chi connectivity index (χ4v) is 3.75. The molecule has 0 aliphatic rings. The molecule has 150 valence electrons. The maximum atomic E-state index is 13.8. The third-order valence-electron chi connectivity index (χ3n) is 4.40. The largest absolute Gasteiger partial charge is 0.351 e. The van der Waals surface area contributed by atoms with Gasteiger partial charge >= 0.3 is 0 Å². The smallest absolute Gasteiger partial charge is 0.230 e. The van der Waals surface area contributed by atoms with E-state index in [4.69, 9.17) is 0 Å². The summed E-state index contributed by atoms with van der Waals surface area (Å²) in [4.78, 5) is 12.3. The molecular formula is C23H19FN4OS. The predicted octanol–water partition coefficient (Wildman–Crippen LogP) is 4.48. The van der Waals surface area contributed by atoms with Crippen LogP contribution in [-0.4, -0.2) is 26.4 Å². The van der Waals surface area contributed by atoms with Gasteiger partial charge in [0.15, 0.2) is 11.0 Å². The molecule has 5 nitrogen and oxygen atoms in total. The number of benzene rings is 3. The predicted molar refractivity (Wildman–Crippen MR) is 116 cm³/mol. The van der Waals surface area contributed by atoms with E-state index in [1.807, 2.05) is 65.2 Å². The van der Waals surface area contributed by atoms with Crippen molar-refractivity contribution < 1.29 is 9.18 Å². The summed E-state index contributed by atoms with van der Waals surface area (Å²) in [5.74, 6) is 0.275. The molecule has 3 aromatic carbocycles. The van der Waals surface area contributed by atoms with Crippen molar-refractivity contribution in [3.8, 4) is 17.1 Å². The lowest BCUT2D eigenvalue weighted by Gasteiger charge is -2.10. The van der Waals surface area contributed by atoms with Gasteiger partial charge in [-0.2, -0.15) is 0 Å². The lowest BCUT2D eigenvalue weighted by atomic mass is 10.2. The highest BCUT2D eigenvalue weighted by molar-refractivity contribution is 7.99. The first-order chi connectivity index (χ1) is 14.7. The van der Waals surface area contributed by atoms with E-state index in [1.165, 1.54) is 23.9 Å². The van der Waals surface area contributed by atoms with Gasteiger partial charge < -0.3 is 5.32 Å². The van der Waals surface area contributed by atoms with Gasteiger partial charge in [0.25, 0.3) is 0 Å². The number of carbonyl (C=O) groups is 1. The number of nitrogens with zero attached hydrogens (tertiary/aromatic N) is 3. The first-order valence-corrected chi connectivity index (χ1v) is 10.4. The molecule has 0 saturated heterocycles. The minimum absolute atomic E-state index is 0.0984. The number of nitrogens with one attached hydrogen (secondary N) is 1. The van der Waals surface area contributed by atoms with Gasteiger partial charge in [-0.3, -0.25) is 9.36 Å². The standard InChI is InChI=1S/C23H19FN4OS/c24-19-11-7-10-18(14-19)22-26-27-23(28(22)20-12-5-2-6-13-20)30-16-21(29)25-15-17-8-3-1-4-9-17/h1-14H,15-16H2,(H,25,29). The summed E-state index contributed by atoms with van der Waals surface area (Å²) in [5.41, 5.74) is 2.50. The number of aromatic nitrogens is 3. The van der Waals surface area contributed by atoms with Crippen LogP contribution in [0.3, 0.4) is 0 Å². The van der Waals surface area contributed by atoms with Crippen LogP contribution >= 0.6 is 11.8 Å². The number of para-hydroxylation sites is 1. The first kappa shape index (κ1) is 19.8. The summed E-state index contributed by atoms with van der Waals surface area (Å²) in [6.45, 7) is 0.472. The van der Waals surface area contributed by atoms with Crippen LogP contribution < -0.4 is 5.32 Å². The van der Waals surface area contributed by atoms with Crippen molar-refractivity contribution in [2.24, 2.45) is 0 Å². The molecule has 1 aromatic heterocycles. The molecule has 1 amide bonds. The Hall–Kier alpha value is -3.45. The van der Waals surface area contributed by atoms with Crippen LogP contribution in [0.25, 0.3) is 17.1 Å². The zero-order valence-corrected chi connectivity index (χ0v) is 16.8. The fourth-order valence-electron chi connectivity index (χ4n) is 2.97. The summed E-state index contributed by atoms with van der Waals surface area (Å²) in [6, 6.07) is 25.5. The molecule has 0 radical (unpaired) electrons. The van der Waals surface area contributed by atoms with Crippen LogP contribution in [0.15, 0.2) is 90.1 Å². The second-order valence-electron chi connectivity index (χ2n) is 6.54. The second-order valence-corrected chi connectivity index (χ2v) is 7.48. The number of amides is 1. The summed E-state index contributed by atoms with van der Waals surface area (Å²) in [5, 5.41) is 12.0. The summed E-state index contributed by atoms with van der Waals surface area (Å²) in [6.07, 6.45) is 0. The fraction of sp³-hybridized carbons (Fsp3) is 0.0870. The van der Waals surface area contributed by atoms with Crippen molar-refractivity contribution in [2.45, 2.75) is 11.7 Å². The van der Waals surface area contributed by atoms with Crippen LogP contribution in [0.5, 0.6) is 0 Å². The SMILES string of the molecule is O=C(CSc1nnc(-c2cccc(F)c2)n1-c1ccccc1)NCc1ccccc1. The van der Waals surface area contributed by atoms with Crippen LogP contribution in [0, 0.1) is 5.82 Å². The Bertz CT molecular complexity index is 1130. The molecule has 0 fully saturated rings. The van der Waals surface area contributed by atoms with Gasteiger partial charge in [0.1, 0.15) is 5.82 Å². The Morgan fingerprint density at radius 2 is 1.67 bits per heavy atom. The Kier molecular flexibility index (Phi) is 6.20. The molecule has 0 saturated carbocycles. The topological polar surface area (TPSA) is 59.8 Å². The molecule has 7 heteroatoms. The first-order valence-electron chi connectivity index (χ1n) is 9.41. The van der Waals surface area contributed by atoms with E-state index >= 15 is 0 Å².